The predicted molar refractivity (Wildman–Crippen MR) is 147 cm³/mol. The molecular formula is C28H36IP. The van der Waals surface area contributed by atoms with Gasteiger partial charge in [0, 0.05) is 0 Å². The van der Waals surface area contributed by atoms with Gasteiger partial charge >= 0.3 is 198 Å². The monoisotopic (exact) mass is 530 g/mol. The fraction of sp³-hybridized carbons (Fsp3) is 0.357. The number of unbranched alkanes of at least 4 members (excludes halogenated alkanes) is 7. The number of hydrogen-bond acceptors (Lipinski definition) is 0. The first kappa shape index (κ1) is 23.5. The molecule has 30 heavy (non-hydrogen) atoms. The van der Waals surface area contributed by atoms with Crippen molar-refractivity contribution in [2.45, 2.75) is 58.3 Å². The summed E-state index contributed by atoms with van der Waals surface area (Å²) >= 11 is 2.92. The number of rotatable bonds is 12. The third kappa shape index (κ3) is 5.17. The molecule has 0 aliphatic rings. The summed E-state index contributed by atoms with van der Waals surface area (Å²) in [6, 6.07) is 34.0. The molecule has 3 aromatic rings. The quantitative estimate of drug-likeness (QED) is 0.126. The van der Waals surface area contributed by atoms with Gasteiger partial charge in [-0.1, -0.05) is 0 Å². The summed E-state index contributed by atoms with van der Waals surface area (Å²) in [4.78, 5) is 0. The average molecular weight is 530 g/mol. The van der Waals surface area contributed by atoms with E-state index in [2.05, 4.69) is 120 Å². The third-order valence-corrected chi connectivity index (χ3v) is 18.1. The Bertz CT molecular complexity index is 761. The van der Waals surface area contributed by atoms with Gasteiger partial charge in [-0.25, -0.2) is 0 Å². The normalized spacial score (nSPS) is 12.9. The topological polar surface area (TPSA) is 0 Å². The van der Waals surface area contributed by atoms with Gasteiger partial charge in [-0.3, -0.25) is 0 Å². The van der Waals surface area contributed by atoms with Crippen molar-refractivity contribution in [2.24, 2.45) is 0 Å². The van der Waals surface area contributed by atoms with Gasteiger partial charge in [0.05, 0.1) is 0 Å². The van der Waals surface area contributed by atoms with Gasteiger partial charge in [-0.2, -0.15) is 0 Å². The Kier molecular flexibility index (Phi) is 8.96. The van der Waals surface area contributed by atoms with E-state index in [0.717, 1.165) is 0 Å². The standard InChI is InChI=1S/C28H36IP/c1-2-3-4-5-6-7-8-18-25-30(29,26-19-12-9-13-20-26,27-21-14-10-15-22-27)28-23-16-11-17-24-28/h9-17,19-24H,2-8,18,25H2,1H3. The van der Waals surface area contributed by atoms with Crippen LogP contribution in [0.5, 0.6) is 0 Å². The molecule has 0 unspecified atom stereocenters. The molecule has 0 saturated carbocycles. The Morgan fingerprint density at radius 3 is 1.20 bits per heavy atom. The van der Waals surface area contributed by atoms with E-state index in [1.54, 1.807) is 0 Å². The van der Waals surface area contributed by atoms with Crippen LogP contribution in [0.15, 0.2) is 91.0 Å². The summed E-state index contributed by atoms with van der Waals surface area (Å²) in [7, 11) is 0. The molecule has 0 fully saturated rings. The molecule has 0 aliphatic carbocycles. The molecule has 3 rings (SSSR count). The molecule has 0 heterocycles. The Labute approximate surface area is 196 Å². The van der Waals surface area contributed by atoms with Crippen LogP contribution in [0.25, 0.3) is 0 Å². The first-order valence-corrected chi connectivity index (χ1v) is 16.8. The molecule has 0 radical (unpaired) electrons. The molecule has 2 heteroatoms. The molecule has 0 amide bonds. The minimum atomic E-state index is -2.55. The first-order chi connectivity index (χ1) is 14.7. The minimum absolute atomic E-state index is 1.24. The van der Waals surface area contributed by atoms with E-state index in [1.165, 1.54) is 73.4 Å². The van der Waals surface area contributed by atoms with Crippen LogP contribution in [0.1, 0.15) is 58.3 Å². The molecule has 0 aromatic heterocycles. The average Bonchev–Trinajstić information content (AvgIpc) is 2.82. The summed E-state index contributed by atoms with van der Waals surface area (Å²) in [5.41, 5.74) is 0. The van der Waals surface area contributed by atoms with Crippen molar-refractivity contribution in [3.8, 4) is 0 Å². The Morgan fingerprint density at radius 1 is 0.500 bits per heavy atom. The molecule has 160 valence electrons. The van der Waals surface area contributed by atoms with E-state index in [-0.39, 0.29) is 0 Å². The number of halogens is 1. The summed E-state index contributed by atoms with van der Waals surface area (Å²) in [5, 5.41) is 4.51. The second-order valence-electron chi connectivity index (χ2n) is 8.39. The van der Waals surface area contributed by atoms with Crippen LogP contribution in [0.4, 0.5) is 0 Å². The molecule has 0 bridgehead atoms. The van der Waals surface area contributed by atoms with E-state index in [9.17, 15) is 0 Å². The molecule has 3 aromatic carbocycles. The Balaban J connectivity index is 1.92. The van der Waals surface area contributed by atoms with E-state index >= 15 is 0 Å². The van der Waals surface area contributed by atoms with Crippen molar-refractivity contribution in [1.29, 1.82) is 0 Å². The van der Waals surface area contributed by atoms with E-state index in [1.807, 2.05) is 0 Å². The van der Waals surface area contributed by atoms with Crippen molar-refractivity contribution < 1.29 is 0 Å². The van der Waals surface area contributed by atoms with Gasteiger partial charge in [0.15, 0.2) is 0 Å². The van der Waals surface area contributed by atoms with E-state index in [0.29, 0.717) is 0 Å². The maximum absolute atomic E-state index is 2.92. The molecule has 0 nitrogen and oxygen atoms in total. The Hall–Kier alpha value is -1.18. The van der Waals surface area contributed by atoms with Gasteiger partial charge in [0.2, 0.25) is 0 Å². The zero-order chi connectivity index (χ0) is 21.1. The number of hydrogen-bond donors (Lipinski definition) is 0. The van der Waals surface area contributed by atoms with Crippen molar-refractivity contribution in [1.82, 2.24) is 0 Å². The van der Waals surface area contributed by atoms with Crippen LogP contribution in [0, 0.1) is 0 Å². The first-order valence-electron chi connectivity index (χ1n) is 11.6. The van der Waals surface area contributed by atoms with Gasteiger partial charge in [0.1, 0.15) is 0 Å². The van der Waals surface area contributed by atoms with Crippen LogP contribution in [0.2, 0.25) is 0 Å². The maximum atomic E-state index is 2.92. The zero-order valence-electron chi connectivity index (χ0n) is 18.3. The van der Waals surface area contributed by atoms with Crippen molar-refractivity contribution in [3.63, 3.8) is 0 Å². The SMILES string of the molecule is CCCCCCCCCCP(I)(c1ccccc1)(c1ccccc1)c1ccccc1. The second-order valence-corrected chi connectivity index (χ2v) is 19.1. The van der Waals surface area contributed by atoms with Crippen LogP contribution < -0.4 is 15.9 Å². The second kappa shape index (κ2) is 11.4. The van der Waals surface area contributed by atoms with Gasteiger partial charge in [0.25, 0.3) is 0 Å². The van der Waals surface area contributed by atoms with Crippen LogP contribution >= 0.6 is 26.3 Å². The zero-order valence-corrected chi connectivity index (χ0v) is 21.4. The summed E-state index contributed by atoms with van der Waals surface area (Å²) < 4.78 is -2.55. The summed E-state index contributed by atoms with van der Waals surface area (Å²) in [6.07, 6.45) is 12.1. The molecule has 0 N–H and O–H groups in total. The summed E-state index contributed by atoms with van der Waals surface area (Å²) in [5.74, 6) is 0. The fourth-order valence-corrected chi connectivity index (χ4v) is 13.4. The fourth-order valence-electron chi connectivity index (χ4n) is 4.59. The molecule has 0 saturated heterocycles. The molecular weight excluding hydrogens is 494 g/mol. The van der Waals surface area contributed by atoms with Gasteiger partial charge < -0.3 is 0 Å². The van der Waals surface area contributed by atoms with Crippen molar-refractivity contribution >= 4 is 42.2 Å². The van der Waals surface area contributed by atoms with Crippen LogP contribution in [-0.2, 0) is 0 Å². The number of benzene rings is 3. The van der Waals surface area contributed by atoms with Crippen molar-refractivity contribution in [2.75, 3.05) is 6.16 Å². The van der Waals surface area contributed by atoms with Gasteiger partial charge in [-0.15, -0.1) is 0 Å². The van der Waals surface area contributed by atoms with Crippen molar-refractivity contribution in [3.05, 3.63) is 91.0 Å². The summed E-state index contributed by atoms with van der Waals surface area (Å²) in [6.45, 7) is 2.29. The molecule has 0 aliphatic heterocycles. The Morgan fingerprint density at radius 2 is 0.833 bits per heavy atom. The van der Waals surface area contributed by atoms with Crippen LogP contribution in [0.3, 0.4) is 0 Å². The van der Waals surface area contributed by atoms with Gasteiger partial charge in [-0.05, 0) is 0 Å². The molecule has 0 spiro atoms. The van der Waals surface area contributed by atoms with Crippen LogP contribution in [-0.4, -0.2) is 6.16 Å². The van der Waals surface area contributed by atoms with E-state index in [4.69, 9.17) is 0 Å². The molecule has 0 atom stereocenters. The van der Waals surface area contributed by atoms with E-state index < -0.39 is 4.25 Å². The third-order valence-electron chi connectivity index (χ3n) is 6.32. The predicted octanol–water partition coefficient (Wildman–Crippen LogP) is 8.01.